The fourth-order valence-electron chi connectivity index (χ4n) is 2.03. The first-order valence-electron chi connectivity index (χ1n) is 5.93. The molecule has 0 bridgehead atoms. The number of hydrogen-bond acceptors (Lipinski definition) is 4. The van der Waals surface area contributed by atoms with Gasteiger partial charge >= 0.3 is 0 Å². The molecule has 3 nitrogen and oxygen atoms in total. The van der Waals surface area contributed by atoms with Gasteiger partial charge in [-0.25, -0.2) is 4.98 Å². The zero-order chi connectivity index (χ0) is 11.8. The van der Waals surface area contributed by atoms with Crippen molar-refractivity contribution in [3.8, 4) is 0 Å². The van der Waals surface area contributed by atoms with Crippen molar-refractivity contribution in [1.29, 1.82) is 0 Å². The van der Waals surface area contributed by atoms with Crippen LogP contribution in [0.15, 0.2) is 0 Å². The summed E-state index contributed by atoms with van der Waals surface area (Å²) in [6, 6.07) is 0. The lowest BCUT2D eigenvalue weighted by Gasteiger charge is -2.38. The van der Waals surface area contributed by atoms with Crippen LogP contribution >= 0.6 is 11.3 Å². The molecule has 2 heterocycles. The molecule has 0 spiro atoms. The summed E-state index contributed by atoms with van der Waals surface area (Å²) in [5, 5.41) is 1.19. The van der Waals surface area contributed by atoms with Crippen LogP contribution in [0.2, 0.25) is 0 Å². The van der Waals surface area contributed by atoms with E-state index in [1.165, 1.54) is 28.5 Å². The predicted octanol–water partition coefficient (Wildman–Crippen LogP) is 2.33. The first-order chi connectivity index (χ1) is 7.54. The zero-order valence-corrected chi connectivity index (χ0v) is 11.2. The van der Waals surface area contributed by atoms with Gasteiger partial charge in [0.2, 0.25) is 0 Å². The van der Waals surface area contributed by atoms with E-state index < -0.39 is 0 Å². The summed E-state index contributed by atoms with van der Waals surface area (Å²) in [6.45, 7) is 9.52. The molecule has 0 radical (unpaired) electrons. The topological polar surface area (TPSA) is 42.2 Å². The Morgan fingerprint density at radius 3 is 2.44 bits per heavy atom. The van der Waals surface area contributed by atoms with Crippen LogP contribution in [0, 0.1) is 19.3 Å². The van der Waals surface area contributed by atoms with Gasteiger partial charge in [-0.2, -0.15) is 0 Å². The molecular weight excluding hydrogens is 218 g/mol. The molecule has 1 aromatic rings. The smallest absolute Gasteiger partial charge is 0.185 e. The third kappa shape index (κ3) is 2.23. The van der Waals surface area contributed by atoms with Crippen molar-refractivity contribution in [2.75, 3.05) is 24.5 Å². The molecule has 4 heteroatoms. The molecule has 1 aliphatic rings. The highest BCUT2D eigenvalue weighted by atomic mass is 32.1. The Morgan fingerprint density at radius 1 is 1.38 bits per heavy atom. The molecule has 0 saturated carbocycles. The number of aryl methyl sites for hydroxylation is 2. The Morgan fingerprint density at radius 2 is 2.00 bits per heavy atom. The fourth-order valence-corrected chi connectivity index (χ4v) is 2.99. The first-order valence-corrected chi connectivity index (χ1v) is 6.75. The molecule has 1 aromatic heterocycles. The van der Waals surface area contributed by atoms with Crippen molar-refractivity contribution in [2.45, 2.75) is 33.6 Å². The highest BCUT2D eigenvalue weighted by molar-refractivity contribution is 7.15. The lowest BCUT2D eigenvalue weighted by atomic mass is 9.81. The molecule has 2 rings (SSSR count). The summed E-state index contributed by atoms with van der Waals surface area (Å²) < 4.78 is 0. The fraction of sp³-hybridized carbons (Fsp3) is 0.750. The largest absolute Gasteiger partial charge is 0.348 e. The second-order valence-electron chi connectivity index (χ2n) is 5.14. The monoisotopic (exact) mass is 239 g/mol. The van der Waals surface area contributed by atoms with Crippen LogP contribution in [-0.2, 0) is 0 Å². The summed E-state index contributed by atoms with van der Waals surface area (Å²) in [5.41, 5.74) is 7.34. The minimum atomic E-state index is 0.345. The van der Waals surface area contributed by atoms with Crippen LogP contribution in [0.5, 0.6) is 0 Å². The average molecular weight is 239 g/mol. The quantitative estimate of drug-likeness (QED) is 0.861. The number of thiazole rings is 1. The predicted molar refractivity (Wildman–Crippen MR) is 70.2 cm³/mol. The molecule has 0 aliphatic carbocycles. The van der Waals surface area contributed by atoms with E-state index >= 15 is 0 Å². The molecule has 0 unspecified atom stereocenters. The Kier molecular flexibility index (Phi) is 3.22. The van der Waals surface area contributed by atoms with E-state index in [9.17, 15) is 0 Å². The number of rotatable bonds is 2. The van der Waals surface area contributed by atoms with Crippen molar-refractivity contribution >= 4 is 16.5 Å². The van der Waals surface area contributed by atoms with E-state index in [1.54, 1.807) is 0 Å². The summed E-state index contributed by atoms with van der Waals surface area (Å²) in [4.78, 5) is 8.36. The van der Waals surface area contributed by atoms with Crippen LogP contribution in [0.25, 0.3) is 0 Å². The van der Waals surface area contributed by atoms with Crippen LogP contribution in [0.3, 0.4) is 0 Å². The van der Waals surface area contributed by atoms with Crippen LogP contribution < -0.4 is 10.6 Å². The molecule has 2 N–H and O–H groups in total. The molecule has 0 amide bonds. The van der Waals surface area contributed by atoms with Crippen LogP contribution in [-0.4, -0.2) is 24.6 Å². The molecular formula is C12H21N3S. The maximum atomic E-state index is 5.82. The molecule has 16 heavy (non-hydrogen) atoms. The standard InChI is InChI=1S/C12H21N3S/c1-9-10(2)16-11(14-9)15-6-4-12(3,8-13)5-7-15/h4-8,13H2,1-3H3. The Labute approximate surface area is 102 Å². The average Bonchev–Trinajstić information content (AvgIpc) is 2.60. The maximum absolute atomic E-state index is 5.82. The highest BCUT2D eigenvalue weighted by Gasteiger charge is 2.29. The van der Waals surface area contributed by atoms with Gasteiger partial charge in [0.1, 0.15) is 0 Å². The second kappa shape index (κ2) is 4.34. The number of hydrogen-bond donors (Lipinski definition) is 1. The van der Waals surface area contributed by atoms with Gasteiger partial charge in [0.15, 0.2) is 5.13 Å². The van der Waals surface area contributed by atoms with Gasteiger partial charge in [-0.05, 0) is 38.6 Å². The van der Waals surface area contributed by atoms with Crippen molar-refractivity contribution in [1.82, 2.24) is 4.98 Å². The number of piperidine rings is 1. The molecule has 0 atom stereocenters. The maximum Gasteiger partial charge on any atom is 0.185 e. The SMILES string of the molecule is Cc1nc(N2CCC(C)(CN)CC2)sc1C. The summed E-state index contributed by atoms with van der Waals surface area (Å²) in [7, 11) is 0. The van der Waals surface area contributed by atoms with E-state index in [2.05, 4.69) is 30.7 Å². The number of anilines is 1. The first kappa shape index (κ1) is 11.9. The van der Waals surface area contributed by atoms with E-state index in [4.69, 9.17) is 5.73 Å². The zero-order valence-electron chi connectivity index (χ0n) is 10.4. The minimum Gasteiger partial charge on any atom is -0.348 e. The van der Waals surface area contributed by atoms with Gasteiger partial charge in [-0.3, -0.25) is 0 Å². The van der Waals surface area contributed by atoms with Crippen molar-refractivity contribution in [3.63, 3.8) is 0 Å². The number of aromatic nitrogens is 1. The summed E-state index contributed by atoms with van der Waals surface area (Å²) in [5.74, 6) is 0. The van der Waals surface area contributed by atoms with E-state index in [-0.39, 0.29) is 0 Å². The van der Waals surface area contributed by atoms with Crippen molar-refractivity contribution in [3.05, 3.63) is 10.6 Å². The molecule has 1 fully saturated rings. The van der Waals surface area contributed by atoms with Crippen LogP contribution in [0.1, 0.15) is 30.3 Å². The molecule has 90 valence electrons. The van der Waals surface area contributed by atoms with E-state index in [0.717, 1.165) is 19.6 Å². The molecule has 0 aromatic carbocycles. The van der Waals surface area contributed by atoms with Gasteiger partial charge < -0.3 is 10.6 Å². The highest BCUT2D eigenvalue weighted by Crippen LogP contribution is 2.34. The summed E-state index contributed by atoms with van der Waals surface area (Å²) in [6.07, 6.45) is 2.36. The number of nitrogens with zero attached hydrogens (tertiary/aromatic N) is 2. The van der Waals surface area contributed by atoms with Gasteiger partial charge in [0, 0.05) is 18.0 Å². The van der Waals surface area contributed by atoms with Gasteiger partial charge in [-0.1, -0.05) is 6.92 Å². The lowest BCUT2D eigenvalue weighted by molar-refractivity contribution is 0.258. The number of nitrogens with two attached hydrogens (primary N) is 1. The van der Waals surface area contributed by atoms with Crippen molar-refractivity contribution in [2.24, 2.45) is 11.1 Å². The van der Waals surface area contributed by atoms with Gasteiger partial charge in [0.25, 0.3) is 0 Å². The van der Waals surface area contributed by atoms with Gasteiger partial charge in [0.05, 0.1) is 5.69 Å². The van der Waals surface area contributed by atoms with E-state index in [0.29, 0.717) is 5.41 Å². The third-order valence-corrected chi connectivity index (χ3v) is 4.88. The summed E-state index contributed by atoms with van der Waals surface area (Å²) >= 11 is 1.81. The third-order valence-electron chi connectivity index (χ3n) is 3.75. The normalized spacial score (nSPS) is 20.1. The van der Waals surface area contributed by atoms with Crippen LogP contribution in [0.4, 0.5) is 5.13 Å². The lowest BCUT2D eigenvalue weighted by Crippen LogP contribution is -2.42. The van der Waals surface area contributed by atoms with Crippen molar-refractivity contribution < 1.29 is 0 Å². The second-order valence-corrected chi connectivity index (χ2v) is 6.32. The molecule has 1 saturated heterocycles. The van der Waals surface area contributed by atoms with E-state index in [1.807, 2.05) is 11.3 Å². The Hall–Kier alpha value is -0.610. The Bertz CT molecular complexity index is 345. The van der Waals surface area contributed by atoms with Gasteiger partial charge in [-0.15, -0.1) is 11.3 Å². The Balaban J connectivity index is 2.04. The minimum absolute atomic E-state index is 0.345. The molecule has 1 aliphatic heterocycles.